The van der Waals surface area contributed by atoms with E-state index in [4.69, 9.17) is 4.74 Å². The van der Waals surface area contributed by atoms with Crippen LogP contribution >= 0.6 is 0 Å². The van der Waals surface area contributed by atoms with E-state index in [1.54, 1.807) is 42.9 Å². The molecule has 1 aromatic carbocycles. The zero-order valence-electron chi connectivity index (χ0n) is 19.1. The zero-order valence-corrected chi connectivity index (χ0v) is 19.9. The normalized spacial score (nSPS) is 20.2. The second kappa shape index (κ2) is 10.0. The summed E-state index contributed by atoms with van der Waals surface area (Å²) in [5, 5.41) is 11.4. The smallest absolute Gasteiger partial charge is 0.322 e. The number of fused-ring (bicyclic) bond motifs is 1. The number of nitrogens with zero attached hydrogens (tertiary/aromatic N) is 3. The Morgan fingerprint density at radius 2 is 1.85 bits per heavy atom. The highest BCUT2D eigenvalue weighted by Crippen LogP contribution is 2.28. The number of carboxylic acids is 1. The van der Waals surface area contributed by atoms with Gasteiger partial charge in [-0.05, 0) is 62.9 Å². The molecule has 3 aromatic rings. The summed E-state index contributed by atoms with van der Waals surface area (Å²) in [6, 6.07) is 8.88. The number of nitrogens with one attached hydrogen (secondary N) is 1. The lowest BCUT2D eigenvalue weighted by Crippen LogP contribution is -2.55. The molecule has 3 atom stereocenters. The summed E-state index contributed by atoms with van der Waals surface area (Å²) in [6.07, 6.45) is 7.50. The molecule has 3 heterocycles. The molecule has 1 aliphatic heterocycles. The van der Waals surface area contributed by atoms with Crippen molar-refractivity contribution in [3.8, 4) is 11.6 Å². The number of aromatic nitrogens is 2. The van der Waals surface area contributed by atoms with E-state index in [1.807, 2.05) is 26.0 Å². The van der Waals surface area contributed by atoms with Gasteiger partial charge < -0.3 is 9.84 Å². The van der Waals surface area contributed by atoms with Crippen LogP contribution in [0.2, 0.25) is 0 Å². The van der Waals surface area contributed by atoms with Crippen LogP contribution in [0, 0.1) is 0 Å². The van der Waals surface area contributed by atoms with Crippen LogP contribution in [0.25, 0.3) is 10.8 Å². The van der Waals surface area contributed by atoms with E-state index >= 15 is 0 Å². The molecule has 10 heteroatoms. The van der Waals surface area contributed by atoms with Crippen molar-refractivity contribution < 1.29 is 23.1 Å². The lowest BCUT2D eigenvalue weighted by molar-refractivity contribution is -0.139. The minimum absolute atomic E-state index is 0.00360. The van der Waals surface area contributed by atoms with E-state index in [9.17, 15) is 18.3 Å². The average molecular weight is 485 g/mol. The van der Waals surface area contributed by atoms with Gasteiger partial charge in [0.1, 0.15) is 11.8 Å². The third kappa shape index (κ3) is 5.35. The van der Waals surface area contributed by atoms with Crippen molar-refractivity contribution in [2.45, 2.75) is 57.7 Å². The molecule has 2 unspecified atom stereocenters. The van der Waals surface area contributed by atoms with Gasteiger partial charge in [0, 0.05) is 41.4 Å². The van der Waals surface area contributed by atoms with Gasteiger partial charge in [-0.25, -0.2) is 4.98 Å². The molecule has 0 spiro atoms. The predicted molar refractivity (Wildman–Crippen MR) is 128 cm³/mol. The maximum Gasteiger partial charge on any atom is 0.322 e. The topological polar surface area (TPSA) is 122 Å². The molecule has 0 bridgehead atoms. The lowest BCUT2D eigenvalue weighted by Gasteiger charge is -2.38. The van der Waals surface area contributed by atoms with Crippen molar-refractivity contribution in [3.05, 3.63) is 60.6 Å². The standard InChI is InChI=1S/C24H28N4O5S/c1-16-4-3-5-17(2)28(16)34(31,32)27-22(24(29)30)14-18-6-8-20(9-7-18)33-23-21-11-12-25-15-19(21)10-13-26-23/h6-13,15-17,22,27H,3-5,14H2,1-2H3,(H,29,30)/t16?,17?,22-/m0/s1. The van der Waals surface area contributed by atoms with Gasteiger partial charge in [-0.1, -0.05) is 18.6 Å². The minimum atomic E-state index is -3.95. The van der Waals surface area contributed by atoms with Gasteiger partial charge in [0.05, 0.1) is 0 Å². The fourth-order valence-corrected chi connectivity index (χ4v) is 6.23. The van der Waals surface area contributed by atoms with Crippen LogP contribution in [0.4, 0.5) is 0 Å². The van der Waals surface area contributed by atoms with Crippen LogP contribution in [-0.4, -0.2) is 51.9 Å². The zero-order chi connectivity index (χ0) is 24.3. The molecular formula is C24H28N4O5S. The molecule has 0 amide bonds. The van der Waals surface area contributed by atoms with Gasteiger partial charge in [-0.2, -0.15) is 17.4 Å². The van der Waals surface area contributed by atoms with Crippen LogP contribution in [0.15, 0.2) is 55.0 Å². The predicted octanol–water partition coefficient (Wildman–Crippen LogP) is 3.52. The molecule has 1 aliphatic rings. The van der Waals surface area contributed by atoms with Crippen LogP contribution in [0.5, 0.6) is 11.6 Å². The van der Waals surface area contributed by atoms with Crippen molar-refractivity contribution >= 4 is 27.0 Å². The number of pyridine rings is 2. The summed E-state index contributed by atoms with van der Waals surface area (Å²) in [7, 11) is -3.95. The van der Waals surface area contributed by atoms with Crippen molar-refractivity contribution in [2.75, 3.05) is 0 Å². The fourth-order valence-electron chi connectivity index (χ4n) is 4.40. The molecule has 1 fully saturated rings. The van der Waals surface area contributed by atoms with Crippen molar-refractivity contribution in [1.82, 2.24) is 19.0 Å². The molecule has 4 rings (SSSR count). The van der Waals surface area contributed by atoms with Crippen molar-refractivity contribution in [3.63, 3.8) is 0 Å². The third-order valence-corrected chi connectivity index (χ3v) is 7.94. The molecule has 34 heavy (non-hydrogen) atoms. The number of hydrogen-bond acceptors (Lipinski definition) is 6. The van der Waals surface area contributed by atoms with E-state index in [1.165, 1.54) is 4.31 Å². The fraction of sp³-hybridized carbons (Fsp3) is 0.375. The van der Waals surface area contributed by atoms with E-state index in [2.05, 4.69) is 14.7 Å². The Hall–Kier alpha value is -3.08. The molecule has 2 N–H and O–H groups in total. The van der Waals surface area contributed by atoms with E-state index in [-0.39, 0.29) is 18.5 Å². The molecule has 0 radical (unpaired) electrons. The Kier molecular flexibility index (Phi) is 7.11. The Bertz CT molecular complexity index is 1250. The Balaban J connectivity index is 1.47. The minimum Gasteiger partial charge on any atom is -0.480 e. The number of aliphatic carboxylic acids is 1. The lowest BCUT2D eigenvalue weighted by atomic mass is 10.0. The monoisotopic (exact) mass is 484 g/mol. The van der Waals surface area contributed by atoms with Gasteiger partial charge in [-0.15, -0.1) is 0 Å². The highest BCUT2D eigenvalue weighted by atomic mass is 32.2. The number of hydrogen-bond donors (Lipinski definition) is 2. The molecule has 1 saturated heterocycles. The van der Waals surface area contributed by atoms with Gasteiger partial charge in [0.25, 0.3) is 10.2 Å². The first kappa shape index (κ1) is 24.1. The quantitative estimate of drug-likeness (QED) is 0.502. The van der Waals surface area contributed by atoms with Crippen LogP contribution in [0.3, 0.4) is 0 Å². The number of ether oxygens (including phenoxy) is 1. The maximum absolute atomic E-state index is 13.0. The molecular weight excluding hydrogens is 456 g/mol. The van der Waals surface area contributed by atoms with Crippen molar-refractivity contribution in [2.24, 2.45) is 0 Å². The molecule has 180 valence electrons. The summed E-state index contributed by atoms with van der Waals surface area (Å²) in [5.74, 6) is -0.257. The number of carboxylic acid groups (broad SMARTS) is 1. The molecule has 2 aromatic heterocycles. The number of piperidine rings is 1. The van der Waals surface area contributed by atoms with Crippen LogP contribution in [0.1, 0.15) is 38.7 Å². The summed E-state index contributed by atoms with van der Waals surface area (Å²) >= 11 is 0. The van der Waals surface area contributed by atoms with E-state index < -0.39 is 22.2 Å². The maximum atomic E-state index is 13.0. The Morgan fingerprint density at radius 3 is 2.53 bits per heavy atom. The molecule has 0 aliphatic carbocycles. The second-order valence-corrected chi connectivity index (χ2v) is 10.2. The van der Waals surface area contributed by atoms with Gasteiger partial charge in [0.15, 0.2) is 0 Å². The van der Waals surface area contributed by atoms with Crippen LogP contribution in [-0.2, 0) is 21.4 Å². The molecule has 0 saturated carbocycles. The van der Waals surface area contributed by atoms with Crippen LogP contribution < -0.4 is 9.46 Å². The average Bonchev–Trinajstić information content (AvgIpc) is 2.79. The van der Waals surface area contributed by atoms with E-state index in [0.29, 0.717) is 17.2 Å². The van der Waals surface area contributed by atoms with Crippen molar-refractivity contribution in [1.29, 1.82) is 0 Å². The van der Waals surface area contributed by atoms with Gasteiger partial charge >= 0.3 is 5.97 Å². The summed E-state index contributed by atoms with van der Waals surface area (Å²) in [5.41, 5.74) is 0.664. The largest absolute Gasteiger partial charge is 0.480 e. The first-order valence-corrected chi connectivity index (χ1v) is 12.7. The highest BCUT2D eigenvalue weighted by Gasteiger charge is 2.37. The third-order valence-electron chi connectivity index (χ3n) is 6.09. The second-order valence-electron chi connectivity index (χ2n) is 8.64. The number of rotatable bonds is 8. The first-order chi connectivity index (χ1) is 16.2. The highest BCUT2D eigenvalue weighted by molar-refractivity contribution is 7.87. The summed E-state index contributed by atoms with van der Waals surface area (Å²) in [6.45, 7) is 3.70. The first-order valence-electron chi connectivity index (χ1n) is 11.2. The Labute approximate surface area is 199 Å². The van der Waals surface area contributed by atoms with E-state index in [0.717, 1.165) is 30.0 Å². The number of carbonyl (C=O) groups is 1. The van der Waals surface area contributed by atoms with Gasteiger partial charge in [0.2, 0.25) is 5.88 Å². The summed E-state index contributed by atoms with van der Waals surface area (Å²) < 4.78 is 35.7. The van der Waals surface area contributed by atoms with Gasteiger partial charge in [-0.3, -0.25) is 9.78 Å². The Morgan fingerprint density at radius 1 is 1.15 bits per heavy atom. The summed E-state index contributed by atoms with van der Waals surface area (Å²) in [4.78, 5) is 20.3. The SMILES string of the molecule is CC1CCCC(C)N1S(=O)(=O)N[C@@H](Cc1ccc(Oc2nccc3cnccc23)cc1)C(=O)O. The molecule has 9 nitrogen and oxygen atoms in total. The number of benzene rings is 1.